The van der Waals surface area contributed by atoms with Crippen molar-refractivity contribution in [2.75, 3.05) is 11.5 Å². The fraction of sp³-hybridized carbons (Fsp3) is 0.385. The van der Waals surface area contributed by atoms with Crippen LogP contribution in [0.25, 0.3) is 0 Å². The summed E-state index contributed by atoms with van der Waals surface area (Å²) in [7, 11) is 0. The van der Waals surface area contributed by atoms with Gasteiger partial charge in [0, 0.05) is 17.1 Å². The van der Waals surface area contributed by atoms with Gasteiger partial charge >= 0.3 is 5.97 Å². The van der Waals surface area contributed by atoms with Gasteiger partial charge in [0.25, 0.3) is 0 Å². The molecular formula is C13H14ClNO3. The van der Waals surface area contributed by atoms with Crippen LogP contribution in [-0.4, -0.2) is 24.5 Å². The van der Waals surface area contributed by atoms with Gasteiger partial charge in [0.1, 0.15) is 6.04 Å². The van der Waals surface area contributed by atoms with E-state index in [-0.39, 0.29) is 11.9 Å². The maximum atomic E-state index is 11.9. The summed E-state index contributed by atoms with van der Waals surface area (Å²) in [6.45, 7) is 2.07. The molecule has 1 heterocycles. The molecule has 1 unspecified atom stereocenters. The number of hydrogen-bond donors (Lipinski definition) is 0. The Balaban J connectivity index is 2.25. The molecule has 1 aliphatic rings. The van der Waals surface area contributed by atoms with Crippen molar-refractivity contribution in [2.24, 2.45) is 0 Å². The number of carbonyl (C=O) groups is 2. The molecule has 1 amide bonds. The molecule has 1 aromatic carbocycles. The molecule has 1 fully saturated rings. The van der Waals surface area contributed by atoms with Gasteiger partial charge in [-0.3, -0.25) is 9.69 Å². The number of halogens is 1. The second-order valence-electron chi connectivity index (χ2n) is 4.05. The van der Waals surface area contributed by atoms with E-state index in [1.54, 1.807) is 31.2 Å². The zero-order valence-electron chi connectivity index (χ0n) is 10.1. The average molecular weight is 268 g/mol. The summed E-state index contributed by atoms with van der Waals surface area (Å²) >= 11 is 5.81. The van der Waals surface area contributed by atoms with Crippen LogP contribution in [0.1, 0.15) is 19.8 Å². The molecule has 4 nitrogen and oxygen atoms in total. The van der Waals surface area contributed by atoms with Crippen molar-refractivity contribution in [3.63, 3.8) is 0 Å². The number of amides is 1. The predicted molar refractivity (Wildman–Crippen MR) is 68.6 cm³/mol. The van der Waals surface area contributed by atoms with E-state index in [0.717, 1.165) is 0 Å². The molecule has 0 aromatic heterocycles. The number of ether oxygens (including phenoxy) is 1. The van der Waals surface area contributed by atoms with E-state index >= 15 is 0 Å². The van der Waals surface area contributed by atoms with Gasteiger partial charge in [0.15, 0.2) is 0 Å². The molecule has 0 spiro atoms. The molecule has 0 N–H and O–H groups in total. The second-order valence-corrected chi connectivity index (χ2v) is 4.48. The van der Waals surface area contributed by atoms with E-state index in [4.69, 9.17) is 16.3 Å². The molecule has 0 radical (unpaired) electrons. The van der Waals surface area contributed by atoms with Crippen LogP contribution < -0.4 is 4.90 Å². The Morgan fingerprint density at radius 1 is 1.44 bits per heavy atom. The van der Waals surface area contributed by atoms with Crippen LogP contribution in [0.2, 0.25) is 5.02 Å². The highest BCUT2D eigenvalue weighted by Gasteiger charge is 2.37. The Bertz CT molecular complexity index is 458. The number of benzene rings is 1. The Morgan fingerprint density at radius 3 is 2.72 bits per heavy atom. The molecule has 0 aliphatic carbocycles. The van der Waals surface area contributed by atoms with Gasteiger partial charge in [-0.2, -0.15) is 0 Å². The largest absolute Gasteiger partial charge is 0.464 e. The molecule has 96 valence electrons. The topological polar surface area (TPSA) is 46.6 Å². The monoisotopic (exact) mass is 267 g/mol. The first-order valence-electron chi connectivity index (χ1n) is 5.87. The predicted octanol–water partition coefficient (Wildman–Crippen LogP) is 2.40. The minimum absolute atomic E-state index is 0.0598. The van der Waals surface area contributed by atoms with Crippen molar-refractivity contribution >= 4 is 29.2 Å². The fourth-order valence-electron chi connectivity index (χ4n) is 2.07. The lowest BCUT2D eigenvalue weighted by atomic mass is 10.2. The van der Waals surface area contributed by atoms with E-state index in [1.165, 1.54) is 4.90 Å². The molecule has 1 aromatic rings. The summed E-state index contributed by atoms with van der Waals surface area (Å²) in [6.07, 6.45) is 0.867. The molecule has 18 heavy (non-hydrogen) atoms. The quantitative estimate of drug-likeness (QED) is 0.790. The van der Waals surface area contributed by atoms with E-state index in [2.05, 4.69) is 0 Å². The van der Waals surface area contributed by atoms with Crippen molar-refractivity contribution in [1.29, 1.82) is 0 Å². The molecule has 0 bridgehead atoms. The first-order chi connectivity index (χ1) is 8.63. The minimum atomic E-state index is -0.515. The highest BCUT2D eigenvalue weighted by molar-refractivity contribution is 6.30. The second kappa shape index (κ2) is 5.40. The van der Waals surface area contributed by atoms with Crippen LogP contribution in [0.5, 0.6) is 0 Å². The van der Waals surface area contributed by atoms with Gasteiger partial charge in [-0.15, -0.1) is 0 Å². The molecule has 0 saturated carbocycles. The number of anilines is 1. The van der Waals surface area contributed by atoms with Crippen LogP contribution in [-0.2, 0) is 14.3 Å². The lowest BCUT2D eigenvalue weighted by Gasteiger charge is -2.23. The van der Waals surface area contributed by atoms with Crippen molar-refractivity contribution < 1.29 is 14.3 Å². The lowest BCUT2D eigenvalue weighted by Crippen LogP contribution is -2.39. The van der Waals surface area contributed by atoms with Crippen molar-refractivity contribution in [1.82, 2.24) is 0 Å². The molecular weight excluding hydrogens is 254 g/mol. The third-order valence-corrected chi connectivity index (χ3v) is 3.13. The number of carbonyl (C=O) groups excluding carboxylic acids is 2. The van der Waals surface area contributed by atoms with Gasteiger partial charge in [-0.1, -0.05) is 11.6 Å². The van der Waals surface area contributed by atoms with Crippen LogP contribution in [0.4, 0.5) is 5.69 Å². The first-order valence-corrected chi connectivity index (χ1v) is 6.25. The van der Waals surface area contributed by atoms with Crippen molar-refractivity contribution in [3.05, 3.63) is 29.3 Å². The Hall–Kier alpha value is -1.55. The number of nitrogens with zero attached hydrogens (tertiary/aromatic N) is 1. The average Bonchev–Trinajstić information content (AvgIpc) is 2.73. The van der Waals surface area contributed by atoms with Gasteiger partial charge in [-0.25, -0.2) is 4.79 Å². The number of hydrogen-bond acceptors (Lipinski definition) is 3. The van der Waals surface area contributed by atoms with E-state index < -0.39 is 6.04 Å². The van der Waals surface area contributed by atoms with Crippen LogP contribution in [0, 0.1) is 0 Å². The summed E-state index contributed by atoms with van der Waals surface area (Å²) < 4.78 is 4.99. The van der Waals surface area contributed by atoms with Crippen LogP contribution in [0.3, 0.4) is 0 Å². The fourth-order valence-corrected chi connectivity index (χ4v) is 2.20. The Labute approximate surface area is 110 Å². The number of rotatable bonds is 3. The maximum Gasteiger partial charge on any atom is 0.329 e. The third-order valence-electron chi connectivity index (χ3n) is 2.88. The van der Waals surface area contributed by atoms with E-state index in [1.807, 2.05) is 0 Å². The normalized spacial score (nSPS) is 19.1. The van der Waals surface area contributed by atoms with E-state index in [0.29, 0.717) is 30.2 Å². The van der Waals surface area contributed by atoms with Crippen molar-refractivity contribution in [3.8, 4) is 0 Å². The molecule has 5 heteroatoms. The molecule has 2 rings (SSSR count). The highest BCUT2D eigenvalue weighted by Crippen LogP contribution is 2.28. The zero-order chi connectivity index (χ0) is 13.1. The van der Waals surface area contributed by atoms with Crippen LogP contribution >= 0.6 is 11.6 Å². The molecule has 1 saturated heterocycles. The molecule has 1 aliphatic heterocycles. The summed E-state index contributed by atoms with van der Waals surface area (Å²) in [5, 5.41) is 0.595. The maximum absolute atomic E-state index is 11.9. The Morgan fingerprint density at radius 2 is 2.11 bits per heavy atom. The highest BCUT2D eigenvalue weighted by atomic mass is 35.5. The van der Waals surface area contributed by atoms with Gasteiger partial charge in [0.2, 0.25) is 5.91 Å². The van der Waals surface area contributed by atoms with Crippen LogP contribution in [0.15, 0.2) is 24.3 Å². The standard InChI is InChI=1S/C13H14ClNO3/c1-2-18-13(17)11-7-8-12(16)15(11)10-5-3-9(14)4-6-10/h3-6,11H,2,7-8H2,1H3. The zero-order valence-corrected chi connectivity index (χ0v) is 10.8. The lowest BCUT2D eigenvalue weighted by molar-refractivity contribution is -0.144. The smallest absolute Gasteiger partial charge is 0.329 e. The summed E-state index contributed by atoms with van der Waals surface area (Å²) in [6, 6.07) is 6.35. The van der Waals surface area contributed by atoms with Gasteiger partial charge in [0.05, 0.1) is 6.61 Å². The Kier molecular flexibility index (Phi) is 3.87. The van der Waals surface area contributed by atoms with Gasteiger partial charge in [-0.05, 0) is 37.6 Å². The van der Waals surface area contributed by atoms with Gasteiger partial charge < -0.3 is 4.74 Å². The number of esters is 1. The SMILES string of the molecule is CCOC(=O)C1CCC(=O)N1c1ccc(Cl)cc1. The minimum Gasteiger partial charge on any atom is -0.464 e. The molecule has 1 atom stereocenters. The first kappa shape index (κ1) is 12.9. The summed E-state index contributed by atoms with van der Waals surface area (Å²) in [4.78, 5) is 25.2. The van der Waals surface area contributed by atoms with Crippen molar-refractivity contribution in [2.45, 2.75) is 25.8 Å². The van der Waals surface area contributed by atoms with E-state index in [9.17, 15) is 9.59 Å². The summed E-state index contributed by atoms with van der Waals surface area (Å²) in [5.74, 6) is -0.409. The summed E-state index contributed by atoms with van der Waals surface area (Å²) in [5.41, 5.74) is 0.681. The third kappa shape index (κ3) is 2.48.